The van der Waals surface area contributed by atoms with Gasteiger partial charge in [-0.05, 0) is 11.1 Å². The van der Waals surface area contributed by atoms with E-state index in [-0.39, 0.29) is 38.4 Å². The van der Waals surface area contributed by atoms with Crippen LogP contribution in [0.5, 0.6) is 0 Å². The molecule has 5 heteroatoms. The maximum Gasteiger partial charge on any atom is 2.00 e. The molecule has 0 saturated heterocycles. The molecule has 1 aromatic carbocycles. The summed E-state index contributed by atoms with van der Waals surface area (Å²) in [6, 6.07) is 4.61. The second-order valence-electron chi connectivity index (χ2n) is 2.15. The van der Waals surface area contributed by atoms with E-state index >= 15 is 0 Å². The molecule has 0 N–H and O–H groups in total. The van der Waals surface area contributed by atoms with Gasteiger partial charge in [0.15, 0.2) is 0 Å². The minimum absolute atomic E-state index is 0. The largest absolute Gasteiger partial charge is 2.00 e. The van der Waals surface area contributed by atoms with Crippen LogP contribution in [0.2, 0.25) is 0 Å². The molecular formula is C8H4O4Pb. The Labute approximate surface area is 94.4 Å². The van der Waals surface area contributed by atoms with Gasteiger partial charge in [0.25, 0.3) is 0 Å². The molecule has 0 aliphatic carbocycles. The zero-order valence-electron chi connectivity index (χ0n) is 6.44. The van der Waals surface area contributed by atoms with Gasteiger partial charge in [0.1, 0.15) is 0 Å². The van der Waals surface area contributed by atoms with Crippen LogP contribution in [0.25, 0.3) is 0 Å². The Balaban J connectivity index is 0.00000144. The maximum atomic E-state index is 10.2. The van der Waals surface area contributed by atoms with Crippen molar-refractivity contribution in [3.63, 3.8) is 0 Å². The van der Waals surface area contributed by atoms with E-state index in [2.05, 4.69) is 0 Å². The van der Waals surface area contributed by atoms with Crippen molar-refractivity contribution in [3.05, 3.63) is 35.4 Å². The normalized spacial score (nSPS) is 8.62. The number of carbonyl (C=O) groups excluding carboxylic acids is 2. The molecule has 0 spiro atoms. The van der Waals surface area contributed by atoms with E-state index in [1.807, 2.05) is 0 Å². The first-order valence-corrected chi connectivity index (χ1v) is 3.14. The van der Waals surface area contributed by atoms with Gasteiger partial charge in [-0.2, -0.15) is 0 Å². The molecule has 0 amide bonds. The van der Waals surface area contributed by atoms with Crippen molar-refractivity contribution < 1.29 is 19.8 Å². The summed E-state index contributed by atoms with van der Waals surface area (Å²) in [5, 5.41) is 20.4. The summed E-state index contributed by atoms with van der Waals surface area (Å²) >= 11 is 0. The number of hydrogen-bond acceptors (Lipinski definition) is 4. The molecule has 2 radical (unpaired) electrons. The Kier molecular flexibility index (Phi) is 4.60. The van der Waals surface area contributed by atoms with Gasteiger partial charge in [-0.1, -0.05) is 24.3 Å². The zero-order valence-corrected chi connectivity index (χ0v) is 10.3. The Morgan fingerprint density at radius 3 is 1.23 bits per heavy atom. The van der Waals surface area contributed by atoms with Crippen molar-refractivity contribution in [1.29, 1.82) is 0 Å². The fraction of sp³-hybridized carbons (Fsp3) is 0. The van der Waals surface area contributed by atoms with Crippen molar-refractivity contribution in [2.75, 3.05) is 0 Å². The van der Waals surface area contributed by atoms with Crippen LogP contribution in [0.4, 0.5) is 0 Å². The van der Waals surface area contributed by atoms with Gasteiger partial charge < -0.3 is 19.8 Å². The number of rotatable bonds is 2. The summed E-state index contributed by atoms with van der Waals surface area (Å²) in [4.78, 5) is 20.4. The van der Waals surface area contributed by atoms with Crippen LogP contribution in [0, 0.1) is 0 Å². The smallest absolute Gasteiger partial charge is 0.545 e. The molecule has 0 fully saturated rings. The fourth-order valence-corrected chi connectivity index (χ4v) is 0.742. The zero-order chi connectivity index (χ0) is 9.14. The minimum atomic E-state index is -1.33. The van der Waals surface area contributed by atoms with Crippen LogP contribution in [0.1, 0.15) is 20.7 Å². The quantitative estimate of drug-likeness (QED) is 0.565. The third kappa shape index (κ3) is 3.13. The van der Waals surface area contributed by atoms with Crippen molar-refractivity contribution in [3.8, 4) is 0 Å². The molecule has 0 bridgehead atoms. The van der Waals surface area contributed by atoms with Crippen LogP contribution < -0.4 is 10.2 Å². The standard InChI is InChI=1S/C8H6O4.Pb/c9-7(10)5-1-2-6(4-3-5)8(11)12;/h1-4H,(H,9,10)(H,11,12);/q;+2/p-2. The molecule has 0 unspecified atom stereocenters. The van der Waals surface area contributed by atoms with E-state index in [4.69, 9.17) is 0 Å². The molecule has 0 atom stereocenters. The van der Waals surface area contributed by atoms with Crippen molar-refractivity contribution in [2.45, 2.75) is 0 Å². The predicted molar refractivity (Wildman–Crippen MR) is 40.9 cm³/mol. The van der Waals surface area contributed by atoms with Gasteiger partial charge in [-0.3, -0.25) is 0 Å². The van der Waals surface area contributed by atoms with Crippen molar-refractivity contribution in [1.82, 2.24) is 0 Å². The summed E-state index contributed by atoms with van der Waals surface area (Å²) in [6.45, 7) is 0. The summed E-state index contributed by atoms with van der Waals surface area (Å²) < 4.78 is 0. The average Bonchev–Trinajstić information content (AvgIpc) is 2.04. The van der Waals surface area contributed by atoms with Crippen LogP contribution >= 0.6 is 0 Å². The molecule has 1 rings (SSSR count). The number of carboxylic acid groups (broad SMARTS) is 2. The second-order valence-corrected chi connectivity index (χ2v) is 2.15. The molecule has 4 nitrogen and oxygen atoms in total. The van der Waals surface area contributed by atoms with Gasteiger partial charge in [0.2, 0.25) is 0 Å². The SMILES string of the molecule is O=C([O-])c1ccc(C(=O)[O-])cc1.[Pb+2]. The molecule has 0 saturated carbocycles. The van der Waals surface area contributed by atoms with E-state index in [0.717, 1.165) is 24.3 Å². The van der Waals surface area contributed by atoms with Gasteiger partial charge in [-0.25, -0.2) is 0 Å². The molecule has 0 aliphatic rings. The molecule has 1 aromatic rings. The van der Waals surface area contributed by atoms with Gasteiger partial charge in [-0.15, -0.1) is 0 Å². The van der Waals surface area contributed by atoms with Crippen molar-refractivity contribution in [2.24, 2.45) is 0 Å². The number of carbonyl (C=O) groups is 2. The van der Waals surface area contributed by atoms with E-state index in [9.17, 15) is 19.8 Å². The molecule has 0 heterocycles. The third-order valence-electron chi connectivity index (χ3n) is 1.36. The maximum absolute atomic E-state index is 10.2. The number of aromatic carboxylic acids is 2. The summed E-state index contributed by atoms with van der Waals surface area (Å²) in [5.74, 6) is -2.67. The Bertz CT molecular complexity index is 284. The van der Waals surface area contributed by atoms with Crippen molar-refractivity contribution >= 4 is 39.2 Å². The van der Waals surface area contributed by atoms with Gasteiger partial charge in [0.05, 0.1) is 11.9 Å². The number of benzene rings is 1. The second kappa shape index (κ2) is 4.95. The fourth-order valence-electron chi connectivity index (χ4n) is 0.742. The van der Waals surface area contributed by atoms with Gasteiger partial charge >= 0.3 is 27.3 Å². The summed E-state index contributed by atoms with van der Waals surface area (Å²) in [6.07, 6.45) is 0. The summed E-state index contributed by atoms with van der Waals surface area (Å²) in [5.41, 5.74) is -0.111. The monoisotopic (exact) mass is 372 g/mol. The predicted octanol–water partition coefficient (Wildman–Crippen LogP) is -1.97. The van der Waals surface area contributed by atoms with E-state index in [1.54, 1.807) is 0 Å². The Morgan fingerprint density at radius 2 is 1.08 bits per heavy atom. The first-order chi connectivity index (χ1) is 5.61. The molecule has 0 aromatic heterocycles. The Hall–Kier alpha value is -0.918. The van der Waals surface area contributed by atoms with Crippen LogP contribution in [-0.2, 0) is 0 Å². The van der Waals surface area contributed by atoms with Crippen LogP contribution in [-0.4, -0.2) is 39.2 Å². The van der Waals surface area contributed by atoms with Gasteiger partial charge in [0, 0.05) is 0 Å². The van der Waals surface area contributed by atoms with E-state index in [0.29, 0.717) is 0 Å². The molecular weight excluding hydrogens is 367 g/mol. The molecule has 0 aliphatic heterocycles. The molecule has 64 valence electrons. The van der Waals surface area contributed by atoms with E-state index < -0.39 is 11.9 Å². The van der Waals surface area contributed by atoms with Crippen LogP contribution in [0.3, 0.4) is 0 Å². The topological polar surface area (TPSA) is 80.3 Å². The Morgan fingerprint density at radius 1 is 0.846 bits per heavy atom. The minimum Gasteiger partial charge on any atom is -0.545 e. The third-order valence-corrected chi connectivity index (χ3v) is 1.36. The first kappa shape index (κ1) is 12.1. The van der Waals surface area contributed by atoms with E-state index in [1.165, 1.54) is 0 Å². The number of hydrogen-bond donors (Lipinski definition) is 0. The average molecular weight is 371 g/mol. The summed E-state index contributed by atoms with van der Waals surface area (Å²) in [7, 11) is 0. The molecule has 13 heavy (non-hydrogen) atoms. The first-order valence-electron chi connectivity index (χ1n) is 3.14. The van der Waals surface area contributed by atoms with Crippen LogP contribution in [0.15, 0.2) is 24.3 Å². The number of carboxylic acids is 2.